The zero-order chi connectivity index (χ0) is 22.6. The van der Waals surface area contributed by atoms with E-state index >= 15 is 0 Å². The molecule has 0 saturated carbocycles. The molecule has 2 fully saturated rings. The number of amides is 1. The second-order valence-corrected chi connectivity index (χ2v) is 9.79. The summed E-state index contributed by atoms with van der Waals surface area (Å²) < 4.78 is 0. The molecule has 0 aromatic heterocycles. The number of benzene rings is 2. The van der Waals surface area contributed by atoms with Crippen LogP contribution in [0.5, 0.6) is 0 Å². The minimum absolute atomic E-state index is 0.0785. The summed E-state index contributed by atoms with van der Waals surface area (Å²) in [6.07, 6.45) is 8.35. The van der Waals surface area contributed by atoms with Crippen molar-refractivity contribution in [3.05, 3.63) is 76.5 Å². The number of rotatable bonds is 7. The van der Waals surface area contributed by atoms with Crippen LogP contribution in [-0.2, 0) is 22.6 Å². The molecule has 0 radical (unpaired) electrons. The lowest BCUT2D eigenvalue weighted by molar-refractivity contribution is -0.129. The maximum atomic E-state index is 12.8. The maximum Gasteiger partial charge on any atom is 0.228 e. The van der Waals surface area contributed by atoms with Crippen LogP contribution in [0.2, 0.25) is 5.02 Å². The van der Waals surface area contributed by atoms with E-state index in [1.807, 2.05) is 22.1 Å². The zero-order valence-electron chi connectivity index (χ0n) is 19.1. The van der Waals surface area contributed by atoms with Gasteiger partial charge in [-0.15, -0.1) is 5.06 Å². The summed E-state index contributed by atoms with van der Waals surface area (Å²) >= 11 is 5.97. The molecule has 0 N–H and O–H groups in total. The topological polar surface area (TPSA) is 36.0 Å². The van der Waals surface area contributed by atoms with Gasteiger partial charge in [-0.25, -0.2) is 0 Å². The Labute approximate surface area is 201 Å². The van der Waals surface area contributed by atoms with Crippen molar-refractivity contribution in [3.63, 3.8) is 0 Å². The summed E-state index contributed by atoms with van der Waals surface area (Å²) in [6.45, 7) is 4.79. The molecule has 1 atom stereocenters. The number of hydroxylamine groups is 2. The first-order chi connectivity index (χ1) is 16.1. The lowest BCUT2D eigenvalue weighted by Crippen LogP contribution is -2.35. The van der Waals surface area contributed by atoms with Gasteiger partial charge in [0.15, 0.2) is 0 Å². The van der Waals surface area contributed by atoms with Crippen molar-refractivity contribution in [3.8, 4) is 0 Å². The highest BCUT2D eigenvalue weighted by Gasteiger charge is 2.37. The first-order valence-corrected chi connectivity index (χ1v) is 12.5. The van der Waals surface area contributed by atoms with E-state index in [-0.39, 0.29) is 11.9 Å². The number of anilines is 1. The minimum Gasteiger partial charge on any atom is -0.410 e. The Balaban J connectivity index is 1.12. The minimum atomic E-state index is 0.0785. The van der Waals surface area contributed by atoms with Gasteiger partial charge in [0.1, 0.15) is 5.76 Å². The number of hydrogen-bond donors (Lipinski definition) is 0. The van der Waals surface area contributed by atoms with Crippen LogP contribution in [0.1, 0.15) is 43.2 Å². The van der Waals surface area contributed by atoms with Crippen LogP contribution in [0.25, 0.3) is 0 Å². The van der Waals surface area contributed by atoms with Gasteiger partial charge in [-0.1, -0.05) is 42.3 Å². The summed E-state index contributed by atoms with van der Waals surface area (Å²) in [7, 11) is 0. The lowest BCUT2D eigenvalue weighted by Gasteiger charge is -2.26. The van der Waals surface area contributed by atoms with E-state index in [2.05, 4.69) is 47.4 Å². The summed E-state index contributed by atoms with van der Waals surface area (Å²) in [5.41, 5.74) is 3.55. The quantitative estimate of drug-likeness (QED) is 0.563. The van der Waals surface area contributed by atoms with Crippen LogP contribution in [-0.4, -0.2) is 48.1 Å². The molecule has 0 aliphatic carbocycles. The molecule has 1 amide bonds. The predicted molar refractivity (Wildman–Crippen MR) is 132 cm³/mol. The molecule has 2 aromatic carbocycles. The molecular formula is C27H32ClN3O2. The summed E-state index contributed by atoms with van der Waals surface area (Å²) in [5.74, 6) is 1.15. The molecule has 0 bridgehead atoms. The second kappa shape index (κ2) is 10.3. The number of likely N-dealkylation sites (tertiary alicyclic amines) is 1. The number of hydrogen-bond acceptors (Lipinski definition) is 4. The van der Waals surface area contributed by atoms with Gasteiger partial charge in [0.25, 0.3) is 0 Å². The van der Waals surface area contributed by atoms with Gasteiger partial charge in [-0.2, -0.15) is 0 Å². The first kappa shape index (κ1) is 22.5. The van der Waals surface area contributed by atoms with Crippen LogP contribution >= 0.6 is 11.6 Å². The van der Waals surface area contributed by atoms with Gasteiger partial charge < -0.3 is 9.74 Å². The largest absolute Gasteiger partial charge is 0.410 e. The molecule has 3 heterocycles. The Morgan fingerprint density at radius 3 is 2.39 bits per heavy atom. The molecule has 3 aliphatic heterocycles. The second-order valence-electron chi connectivity index (χ2n) is 9.35. The third-order valence-electron chi connectivity index (χ3n) is 6.92. The van der Waals surface area contributed by atoms with Crippen molar-refractivity contribution < 1.29 is 9.63 Å². The van der Waals surface area contributed by atoms with E-state index in [4.69, 9.17) is 16.4 Å². The van der Waals surface area contributed by atoms with Crippen molar-refractivity contribution in [2.24, 2.45) is 0 Å². The van der Waals surface area contributed by atoms with Crippen molar-refractivity contribution in [2.45, 2.75) is 51.1 Å². The van der Waals surface area contributed by atoms with Crippen LogP contribution in [0.15, 0.2) is 60.4 Å². The van der Waals surface area contributed by atoms with Gasteiger partial charge >= 0.3 is 0 Å². The van der Waals surface area contributed by atoms with Crippen LogP contribution in [0.4, 0.5) is 5.69 Å². The van der Waals surface area contributed by atoms with Gasteiger partial charge in [0, 0.05) is 36.6 Å². The van der Waals surface area contributed by atoms with Gasteiger partial charge in [0.05, 0.1) is 12.6 Å². The third-order valence-corrected chi connectivity index (χ3v) is 7.17. The predicted octanol–water partition coefficient (Wildman–Crippen LogP) is 5.20. The van der Waals surface area contributed by atoms with E-state index in [1.54, 1.807) is 0 Å². The third kappa shape index (κ3) is 5.60. The van der Waals surface area contributed by atoms with Crippen LogP contribution in [0.3, 0.4) is 0 Å². The molecule has 174 valence electrons. The molecule has 2 saturated heterocycles. The number of carbonyl (C=O) groups is 1. The van der Waals surface area contributed by atoms with Crippen molar-refractivity contribution in [1.82, 2.24) is 9.96 Å². The molecule has 2 aromatic rings. The number of nitrogens with zero attached hydrogens (tertiary/aromatic N) is 3. The molecular weight excluding hydrogens is 434 g/mol. The van der Waals surface area contributed by atoms with E-state index in [9.17, 15) is 4.79 Å². The molecule has 33 heavy (non-hydrogen) atoms. The molecule has 1 unspecified atom stereocenters. The van der Waals surface area contributed by atoms with Crippen molar-refractivity contribution in [1.29, 1.82) is 0 Å². The Morgan fingerprint density at radius 1 is 0.909 bits per heavy atom. The molecule has 5 rings (SSSR count). The van der Waals surface area contributed by atoms with E-state index in [0.717, 1.165) is 42.4 Å². The van der Waals surface area contributed by atoms with Gasteiger partial charge in [-0.3, -0.25) is 9.69 Å². The molecule has 3 aliphatic rings. The average Bonchev–Trinajstić information content (AvgIpc) is 3.47. The number of aryl methyl sites for hydroxylation is 1. The van der Waals surface area contributed by atoms with Crippen molar-refractivity contribution >= 4 is 23.2 Å². The van der Waals surface area contributed by atoms with Gasteiger partial charge in [0.2, 0.25) is 5.91 Å². The highest BCUT2D eigenvalue weighted by molar-refractivity contribution is 6.30. The lowest BCUT2D eigenvalue weighted by atomic mass is 10.1. The number of carbonyl (C=O) groups excluding carboxylic acids is 1. The maximum absolute atomic E-state index is 12.8. The monoisotopic (exact) mass is 465 g/mol. The first-order valence-electron chi connectivity index (χ1n) is 12.1. The summed E-state index contributed by atoms with van der Waals surface area (Å²) in [6, 6.07) is 16.6. The zero-order valence-corrected chi connectivity index (χ0v) is 19.8. The molecule has 0 spiro atoms. The number of piperidine rings is 1. The highest BCUT2D eigenvalue weighted by atomic mass is 35.5. The van der Waals surface area contributed by atoms with Gasteiger partial charge in [-0.05, 0) is 73.8 Å². The fourth-order valence-electron chi connectivity index (χ4n) is 5.00. The smallest absolute Gasteiger partial charge is 0.228 e. The van der Waals surface area contributed by atoms with Crippen LogP contribution in [0, 0.1) is 0 Å². The van der Waals surface area contributed by atoms with Crippen molar-refractivity contribution in [2.75, 3.05) is 31.1 Å². The molecule has 6 heteroatoms. The van der Waals surface area contributed by atoms with E-state index in [1.165, 1.54) is 43.5 Å². The summed E-state index contributed by atoms with van der Waals surface area (Å²) in [4.78, 5) is 23.3. The summed E-state index contributed by atoms with van der Waals surface area (Å²) in [5, 5.41) is 2.73. The SMILES string of the molecule is O=C1CC(N2CC=C(CCc3ccc(Cl)cc3)O2)CN1c1ccc(CN2CCCCC2)cc1. The highest BCUT2D eigenvalue weighted by Crippen LogP contribution is 2.28. The Kier molecular flexibility index (Phi) is 7.00. The standard InChI is InChI=1S/C27H32ClN3O2/c28-23-9-4-21(5-10-23)8-13-26-14-17-31(33-26)25-18-27(32)30(20-25)24-11-6-22(7-12-24)19-29-15-2-1-3-16-29/h4-7,9-12,14,25H,1-3,8,13,15-20H2. The Bertz CT molecular complexity index is 983. The number of halogens is 1. The fourth-order valence-corrected chi connectivity index (χ4v) is 5.12. The average molecular weight is 466 g/mol. The Hall–Kier alpha value is -2.34. The van der Waals surface area contributed by atoms with E-state index in [0.29, 0.717) is 13.0 Å². The number of allylic oxidation sites excluding steroid dienone is 1. The normalized spacial score (nSPS) is 22.0. The van der Waals surface area contributed by atoms with Crippen LogP contribution < -0.4 is 4.90 Å². The van der Waals surface area contributed by atoms with E-state index < -0.39 is 0 Å². The fraction of sp³-hybridized carbons (Fsp3) is 0.444. The molecule has 5 nitrogen and oxygen atoms in total. The Morgan fingerprint density at radius 2 is 1.64 bits per heavy atom.